The van der Waals surface area contributed by atoms with Crippen LogP contribution in [0.4, 0.5) is 0 Å². The first-order valence-corrected chi connectivity index (χ1v) is 7.58. The Kier molecular flexibility index (Phi) is 4.55. The minimum absolute atomic E-state index is 0.232. The van der Waals surface area contributed by atoms with E-state index in [-0.39, 0.29) is 17.0 Å². The molecule has 4 nitrogen and oxygen atoms in total. The van der Waals surface area contributed by atoms with Crippen LogP contribution in [0, 0.1) is 11.3 Å². The molecule has 3 rings (SSSR count). The van der Waals surface area contributed by atoms with E-state index in [9.17, 15) is 10.1 Å². The highest BCUT2D eigenvalue weighted by Crippen LogP contribution is 2.16. The molecule has 0 atom stereocenters. The van der Waals surface area contributed by atoms with E-state index in [2.05, 4.69) is 16.0 Å². The molecule has 0 aliphatic rings. The molecule has 1 N–H and O–H groups in total. The van der Waals surface area contributed by atoms with E-state index >= 15 is 0 Å². The quantitative estimate of drug-likeness (QED) is 0.577. The molecule has 0 aliphatic heterocycles. The fourth-order valence-electron chi connectivity index (χ4n) is 2.23. The summed E-state index contributed by atoms with van der Waals surface area (Å²) in [5, 5.41) is 10.2. The summed E-state index contributed by atoms with van der Waals surface area (Å²) < 4.78 is 0. The maximum Gasteiger partial charge on any atom is 0.259 e. The van der Waals surface area contributed by atoms with Crippen LogP contribution in [0.15, 0.2) is 65.5 Å². The van der Waals surface area contributed by atoms with E-state index in [1.807, 2.05) is 36.4 Å². The molecule has 2 aromatic carbocycles. The van der Waals surface area contributed by atoms with Crippen LogP contribution in [-0.4, -0.2) is 9.97 Å². The standard InChI is InChI=1S/C19H12ClN3O/c20-15-9-10-17-16(11-15)19(24)23-18(22-17)14(12-21)8-4-7-13-5-2-1-3-6-13/h1-11H,(H,22,23,24)/b7-4+,14-8-. The maximum atomic E-state index is 12.2. The summed E-state index contributed by atoms with van der Waals surface area (Å²) in [6.07, 6.45) is 5.24. The van der Waals surface area contributed by atoms with Gasteiger partial charge in [-0.15, -0.1) is 0 Å². The van der Waals surface area contributed by atoms with Crippen LogP contribution in [0.5, 0.6) is 0 Å². The third kappa shape index (κ3) is 3.43. The van der Waals surface area contributed by atoms with Crippen molar-refractivity contribution in [3.05, 3.63) is 87.4 Å². The molecule has 5 heteroatoms. The molecular formula is C19H12ClN3O. The summed E-state index contributed by atoms with van der Waals surface area (Å²) >= 11 is 5.89. The monoisotopic (exact) mass is 333 g/mol. The lowest BCUT2D eigenvalue weighted by atomic mass is 10.2. The summed E-state index contributed by atoms with van der Waals surface area (Å²) in [5.41, 5.74) is 1.45. The van der Waals surface area contributed by atoms with E-state index in [4.69, 9.17) is 11.6 Å². The van der Waals surface area contributed by atoms with Gasteiger partial charge in [0.2, 0.25) is 0 Å². The summed E-state index contributed by atoms with van der Waals surface area (Å²) in [6, 6.07) is 16.6. The normalized spacial score (nSPS) is 11.8. The Morgan fingerprint density at radius 1 is 1.21 bits per heavy atom. The molecule has 116 valence electrons. The second-order valence-corrected chi connectivity index (χ2v) is 5.47. The lowest BCUT2D eigenvalue weighted by molar-refractivity contribution is 1.13. The number of rotatable bonds is 3. The van der Waals surface area contributed by atoms with Crippen molar-refractivity contribution in [3.63, 3.8) is 0 Å². The maximum absolute atomic E-state index is 12.2. The molecule has 0 bridgehead atoms. The van der Waals surface area contributed by atoms with Gasteiger partial charge in [-0.2, -0.15) is 5.26 Å². The van der Waals surface area contributed by atoms with Crippen LogP contribution in [0.1, 0.15) is 11.4 Å². The van der Waals surface area contributed by atoms with Crippen LogP contribution in [0.2, 0.25) is 5.02 Å². The summed E-state index contributed by atoms with van der Waals surface area (Å²) in [5.74, 6) is 0.232. The highest BCUT2D eigenvalue weighted by molar-refractivity contribution is 6.31. The molecule has 0 spiro atoms. The van der Waals surface area contributed by atoms with E-state index in [1.165, 1.54) is 0 Å². The van der Waals surface area contributed by atoms with Crippen LogP contribution in [0.3, 0.4) is 0 Å². The molecular weight excluding hydrogens is 322 g/mol. The average molecular weight is 334 g/mol. The Bertz CT molecular complexity index is 1040. The zero-order chi connectivity index (χ0) is 16.9. The van der Waals surface area contributed by atoms with Crippen molar-refractivity contribution in [1.29, 1.82) is 5.26 Å². The molecule has 0 saturated carbocycles. The number of benzene rings is 2. The summed E-state index contributed by atoms with van der Waals surface area (Å²) in [6.45, 7) is 0. The van der Waals surface area contributed by atoms with Gasteiger partial charge in [-0.25, -0.2) is 4.98 Å². The third-order valence-corrected chi connectivity index (χ3v) is 3.63. The Morgan fingerprint density at radius 2 is 2.00 bits per heavy atom. The SMILES string of the molecule is N#C/C(=C/C=C/c1ccccc1)c1nc2ccc(Cl)cc2c(=O)[nH]1. The molecule has 0 radical (unpaired) electrons. The van der Waals surface area contributed by atoms with Gasteiger partial charge in [0.15, 0.2) is 5.82 Å². The first-order chi connectivity index (χ1) is 11.7. The molecule has 3 aromatic rings. The smallest absolute Gasteiger partial charge is 0.259 e. The van der Waals surface area contributed by atoms with Crippen LogP contribution in [0.25, 0.3) is 22.6 Å². The van der Waals surface area contributed by atoms with Gasteiger partial charge in [0.05, 0.1) is 16.5 Å². The molecule has 0 amide bonds. The molecule has 24 heavy (non-hydrogen) atoms. The molecule has 0 saturated heterocycles. The lowest BCUT2D eigenvalue weighted by Crippen LogP contribution is -2.11. The number of hydrogen-bond donors (Lipinski definition) is 1. The van der Waals surface area contributed by atoms with Gasteiger partial charge < -0.3 is 4.98 Å². The number of hydrogen-bond acceptors (Lipinski definition) is 3. The van der Waals surface area contributed by atoms with Gasteiger partial charge in [-0.1, -0.05) is 54.1 Å². The van der Waals surface area contributed by atoms with Crippen molar-refractivity contribution in [3.8, 4) is 6.07 Å². The highest BCUT2D eigenvalue weighted by Gasteiger charge is 2.07. The van der Waals surface area contributed by atoms with Crippen molar-refractivity contribution in [2.45, 2.75) is 0 Å². The predicted molar refractivity (Wildman–Crippen MR) is 96.4 cm³/mol. The minimum atomic E-state index is -0.328. The minimum Gasteiger partial charge on any atom is -0.305 e. The van der Waals surface area contributed by atoms with Gasteiger partial charge in [0, 0.05) is 5.02 Å². The molecule has 0 unspecified atom stereocenters. The van der Waals surface area contributed by atoms with E-state index in [0.717, 1.165) is 5.56 Å². The van der Waals surface area contributed by atoms with Crippen molar-refractivity contribution in [2.75, 3.05) is 0 Å². The van der Waals surface area contributed by atoms with Gasteiger partial charge in [0.1, 0.15) is 6.07 Å². The lowest BCUT2D eigenvalue weighted by Gasteiger charge is -2.01. The van der Waals surface area contributed by atoms with Gasteiger partial charge in [-0.3, -0.25) is 4.79 Å². The first-order valence-electron chi connectivity index (χ1n) is 7.21. The molecule has 0 fully saturated rings. The number of H-pyrrole nitrogens is 1. The average Bonchev–Trinajstić information content (AvgIpc) is 2.60. The Balaban J connectivity index is 1.99. The number of halogens is 1. The first kappa shape index (κ1) is 15.7. The number of nitrogens with zero attached hydrogens (tertiary/aromatic N) is 2. The third-order valence-electron chi connectivity index (χ3n) is 3.39. The zero-order valence-electron chi connectivity index (χ0n) is 12.5. The van der Waals surface area contributed by atoms with E-state index in [0.29, 0.717) is 15.9 Å². The van der Waals surface area contributed by atoms with E-state index < -0.39 is 0 Å². The Morgan fingerprint density at radius 3 is 2.75 bits per heavy atom. The number of aromatic amines is 1. The number of aromatic nitrogens is 2. The number of nitrogens with one attached hydrogen (secondary N) is 1. The van der Waals surface area contributed by atoms with Gasteiger partial charge >= 0.3 is 0 Å². The Hall–Kier alpha value is -3.16. The molecule has 0 aliphatic carbocycles. The van der Waals surface area contributed by atoms with Crippen molar-refractivity contribution in [2.24, 2.45) is 0 Å². The largest absolute Gasteiger partial charge is 0.305 e. The fourth-order valence-corrected chi connectivity index (χ4v) is 2.40. The van der Waals surface area contributed by atoms with Gasteiger partial charge in [-0.05, 0) is 29.8 Å². The van der Waals surface area contributed by atoms with Crippen molar-refractivity contribution >= 4 is 34.2 Å². The van der Waals surface area contributed by atoms with Gasteiger partial charge in [0.25, 0.3) is 5.56 Å². The Labute approximate surface area is 143 Å². The number of fused-ring (bicyclic) bond motifs is 1. The molecule has 1 aromatic heterocycles. The second kappa shape index (κ2) is 6.95. The van der Waals surface area contributed by atoms with E-state index in [1.54, 1.807) is 30.4 Å². The highest BCUT2D eigenvalue weighted by atomic mass is 35.5. The van der Waals surface area contributed by atoms with Crippen LogP contribution in [-0.2, 0) is 0 Å². The number of allylic oxidation sites excluding steroid dienone is 3. The van der Waals surface area contributed by atoms with Crippen LogP contribution >= 0.6 is 11.6 Å². The van der Waals surface area contributed by atoms with Crippen LogP contribution < -0.4 is 5.56 Å². The zero-order valence-corrected chi connectivity index (χ0v) is 13.3. The summed E-state index contributed by atoms with van der Waals surface area (Å²) in [4.78, 5) is 19.1. The van der Waals surface area contributed by atoms with Crippen molar-refractivity contribution < 1.29 is 0 Å². The second-order valence-electron chi connectivity index (χ2n) is 5.04. The predicted octanol–water partition coefficient (Wildman–Crippen LogP) is 4.20. The molecule has 1 heterocycles. The summed E-state index contributed by atoms with van der Waals surface area (Å²) in [7, 11) is 0. The van der Waals surface area contributed by atoms with Crippen molar-refractivity contribution in [1.82, 2.24) is 9.97 Å². The number of nitriles is 1. The topological polar surface area (TPSA) is 69.5 Å². The fraction of sp³-hybridized carbons (Fsp3) is 0.